The molecule has 2 fully saturated rings. The van der Waals surface area contributed by atoms with E-state index >= 15 is 0 Å². The van der Waals surface area contributed by atoms with Crippen LogP contribution >= 0.6 is 0 Å². The van der Waals surface area contributed by atoms with E-state index < -0.39 is 9.84 Å². The zero-order valence-corrected chi connectivity index (χ0v) is 8.59. The molecule has 3 nitrogen and oxygen atoms in total. The second-order valence-corrected chi connectivity index (χ2v) is 6.61. The average molecular weight is 203 g/mol. The van der Waals surface area contributed by atoms with Gasteiger partial charge in [0, 0.05) is 12.0 Å². The smallest absolute Gasteiger partial charge is 0.151 e. The predicted molar refractivity (Wildman–Crippen MR) is 52.1 cm³/mol. The monoisotopic (exact) mass is 203 g/mol. The molecule has 0 spiro atoms. The molecule has 1 aliphatic carbocycles. The van der Waals surface area contributed by atoms with Crippen molar-refractivity contribution in [3.05, 3.63) is 0 Å². The summed E-state index contributed by atoms with van der Waals surface area (Å²) < 4.78 is 21.9. The minimum atomic E-state index is -2.69. The highest BCUT2D eigenvalue weighted by atomic mass is 32.2. The van der Waals surface area contributed by atoms with Crippen molar-refractivity contribution in [3.8, 4) is 0 Å². The van der Waals surface area contributed by atoms with Crippen LogP contribution in [0, 0.1) is 11.8 Å². The first-order valence-corrected chi connectivity index (χ1v) is 6.87. The first-order chi connectivity index (χ1) is 6.08. The van der Waals surface area contributed by atoms with Gasteiger partial charge in [0.05, 0.1) is 11.5 Å². The SMILES string of the molecule is NC(C1CCCC1)C1CS(=O)(=O)C1. The van der Waals surface area contributed by atoms with E-state index in [9.17, 15) is 8.42 Å². The van der Waals surface area contributed by atoms with Gasteiger partial charge in [-0.05, 0) is 18.8 Å². The summed E-state index contributed by atoms with van der Waals surface area (Å²) in [5, 5.41) is 0. The van der Waals surface area contributed by atoms with E-state index in [2.05, 4.69) is 0 Å². The van der Waals surface area contributed by atoms with Crippen LogP contribution in [0.25, 0.3) is 0 Å². The number of hydrogen-bond donors (Lipinski definition) is 1. The fourth-order valence-corrected chi connectivity index (χ4v) is 4.20. The zero-order valence-electron chi connectivity index (χ0n) is 7.78. The summed E-state index contributed by atoms with van der Waals surface area (Å²) in [6.07, 6.45) is 4.96. The summed E-state index contributed by atoms with van der Waals surface area (Å²) in [5.41, 5.74) is 6.04. The summed E-state index contributed by atoms with van der Waals surface area (Å²) in [5.74, 6) is 1.53. The number of hydrogen-bond acceptors (Lipinski definition) is 3. The lowest BCUT2D eigenvalue weighted by molar-refractivity contribution is 0.332. The van der Waals surface area contributed by atoms with E-state index in [1.807, 2.05) is 0 Å². The Morgan fingerprint density at radius 2 is 1.62 bits per heavy atom. The van der Waals surface area contributed by atoms with Crippen LogP contribution in [0.1, 0.15) is 25.7 Å². The van der Waals surface area contributed by atoms with Crippen LogP contribution < -0.4 is 5.73 Å². The van der Waals surface area contributed by atoms with Gasteiger partial charge in [0.25, 0.3) is 0 Å². The van der Waals surface area contributed by atoms with Crippen molar-refractivity contribution in [1.82, 2.24) is 0 Å². The maximum Gasteiger partial charge on any atom is 0.151 e. The normalized spacial score (nSPS) is 31.5. The Kier molecular flexibility index (Phi) is 2.36. The fraction of sp³-hybridized carbons (Fsp3) is 1.00. The van der Waals surface area contributed by atoms with Gasteiger partial charge in [-0.15, -0.1) is 0 Å². The molecule has 1 saturated heterocycles. The second-order valence-electron chi connectivity index (χ2n) is 4.46. The molecule has 0 radical (unpaired) electrons. The van der Waals surface area contributed by atoms with E-state index in [-0.39, 0.29) is 12.0 Å². The molecular weight excluding hydrogens is 186 g/mol. The van der Waals surface area contributed by atoms with E-state index in [0.29, 0.717) is 17.4 Å². The number of rotatable bonds is 2. The Bertz CT molecular complexity index is 268. The maximum atomic E-state index is 11.0. The van der Waals surface area contributed by atoms with E-state index in [0.717, 1.165) is 0 Å². The Labute approximate surface area is 79.6 Å². The highest BCUT2D eigenvalue weighted by molar-refractivity contribution is 7.92. The largest absolute Gasteiger partial charge is 0.327 e. The maximum absolute atomic E-state index is 11.0. The molecule has 0 aromatic rings. The number of nitrogens with two attached hydrogens (primary N) is 1. The van der Waals surface area contributed by atoms with Gasteiger partial charge in [-0.2, -0.15) is 0 Å². The van der Waals surface area contributed by atoms with Gasteiger partial charge in [-0.25, -0.2) is 8.42 Å². The van der Waals surface area contributed by atoms with Crippen molar-refractivity contribution in [2.45, 2.75) is 31.7 Å². The molecule has 2 N–H and O–H groups in total. The molecule has 1 aliphatic heterocycles. The predicted octanol–water partition coefficient (Wildman–Crippen LogP) is 0.548. The van der Waals surface area contributed by atoms with Crippen molar-refractivity contribution in [2.24, 2.45) is 17.6 Å². The summed E-state index contributed by atoms with van der Waals surface area (Å²) in [6, 6.07) is 0.144. The van der Waals surface area contributed by atoms with Gasteiger partial charge in [-0.3, -0.25) is 0 Å². The molecule has 4 heteroatoms. The molecule has 2 rings (SSSR count). The first kappa shape index (κ1) is 9.46. The molecule has 76 valence electrons. The van der Waals surface area contributed by atoms with E-state index in [1.165, 1.54) is 25.7 Å². The molecule has 1 unspecified atom stereocenters. The molecule has 13 heavy (non-hydrogen) atoms. The quantitative estimate of drug-likeness (QED) is 0.713. The summed E-state index contributed by atoms with van der Waals surface area (Å²) in [7, 11) is -2.69. The minimum absolute atomic E-state index is 0.144. The molecule has 1 heterocycles. The van der Waals surface area contributed by atoms with Crippen LogP contribution in [0.2, 0.25) is 0 Å². The summed E-state index contributed by atoms with van der Waals surface area (Å²) in [4.78, 5) is 0. The third-order valence-corrected chi connectivity index (χ3v) is 5.30. The molecule has 2 aliphatic rings. The van der Waals surface area contributed by atoms with Crippen molar-refractivity contribution in [2.75, 3.05) is 11.5 Å². The van der Waals surface area contributed by atoms with Crippen LogP contribution in [0.5, 0.6) is 0 Å². The molecular formula is C9H17NO2S. The molecule has 0 bridgehead atoms. The summed E-state index contributed by atoms with van der Waals surface area (Å²) >= 11 is 0. The van der Waals surface area contributed by atoms with Crippen LogP contribution in [-0.4, -0.2) is 26.0 Å². The molecule has 1 atom stereocenters. The zero-order chi connectivity index (χ0) is 9.47. The molecule has 0 aromatic heterocycles. The van der Waals surface area contributed by atoms with Crippen LogP contribution in [0.15, 0.2) is 0 Å². The Morgan fingerprint density at radius 1 is 1.08 bits per heavy atom. The van der Waals surface area contributed by atoms with Crippen molar-refractivity contribution < 1.29 is 8.42 Å². The second kappa shape index (κ2) is 3.24. The lowest BCUT2D eigenvalue weighted by atomic mass is 9.89. The van der Waals surface area contributed by atoms with Gasteiger partial charge in [0.2, 0.25) is 0 Å². The summed E-state index contributed by atoms with van der Waals surface area (Å²) in [6.45, 7) is 0. The molecule has 0 amide bonds. The highest BCUT2D eigenvalue weighted by Gasteiger charge is 2.40. The topological polar surface area (TPSA) is 60.2 Å². The lowest BCUT2D eigenvalue weighted by Crippen LogP contribution is -2.50. The molecule has 0 aromatic carbocycles. The third-order valence-electron chi connectivity index (χ3n) is 3.42. The van der Waals surface area contributed by atoms with Gasteiger partial charge >= 0.3 is 0 Å². The van der Waals surface area contributed by atoms with E-state index in [1.54, 1.807) is 0 Å². The molecule has 1 saturated carbocycles. The van der Waals surface area contributed by atoms with Gasteiger partial charge in [0.15, 0.2) is 9.84 Å². The minimum Gasteiger partial charge on any atom is -0.327 e. The van der Waals surface area contributed by atoms with Crippen molar-refractivity contribution in [3.63, 3.8) is 0 Å². The Morgan fingerprint density at radius 3 is 2.08 bits per heavy atom. The van der Waals surface area contributed by atoms with Crippen LogP contribution in [0.3, 0.4) is 0 Å². The van der Waals surface area contributed by atoms with Crippen LogP contribution in [-0.2, 0) is 9.84 Å². The Hall–Kier alpha value is -0.0900. The van der Waals surface area contributed by atoms with Gasteiger partial charge in [-0.1, -0.05) is 12.8 Å². The highest BCUT2D eigenvalue weighted by Crippen LogP contribution is 2.33. The van der Waals surface area contributed by atoms with Gasteiger partial charge in [0.1, 0.15) is 0 Å². The standard InChI is InChI=1S/C9H17NO2S/c10-9(7-3-1-2-4-7)8-5-13(11,12)6-8/h7-9H,1-6,10H2. The van der Waals surface area contributed by atoms with E-state index in [4.69, 9.17) is 5.73 Å². The van der Waals surface area contributed by atoms with Crippen molar-refractivity contribution >= 4 is 9.84 Å². The third kappa shape index (κ3) is 1.89. The fourth-order valence-electron chi connectivity index (χ4n) is 2.55. The van der Waals surface area contributed by atoms with Gasteiger partial charge < -0.3 is 5.73 Å². The lowest BCUT2D eigenvalue weighted by Gasteiger charge is -2.34. The van der Waals surface area contributed by atoms with Crippen LogP contribution in [0.4, 0.5) is 0 Å². The van der Waals surface area contributed by atoms with Crippen molar-refractivity contribution in [1.29, 1.82) is 0 Å². The first-order valence-electron chi connectivity index (χ1n) is 5.04. The Balaban J connectivity index is 1.88. The number of sulfone groups is 1. The average Bonchev–Trinajstić information content (AvgIpc) is 2.50.